The summed E-state index contributed by atoms with van der Waals surface area (Å²) in [6.07, 6.45) is -2.24. The van der Waals surface area contributed by atoms with Crippen molar-refractivity contribution in [3.05, 3.63) is 53.6 Å². The number of nitrogens with zero attached hydrogens (tertiary/aromatic N) is 2. The molecule has 0 unspecified atom stereocenters. The summed E-state index contributed by atoms with van der Waals surface area (Å²) in [6.45, 7) is 5.62. The molecular weight excluding hydrogens is 629 g/mol. The van der Waals surface area contributed by atoms with Crippen LogP contribution < -0.4 is 14.8 Å². The lowest BCUT2D eigenvalue weighted by atomic mass is 10.0. The summed E-state index contributed by atoms with van der Waals surface area (Å²) in [4.78, 5) is 29.9. The Bertz CT molecular complexity index is 1440. The Kier molecular flexibility index (Phi) is 12.7. The van der Waals surface area contributed by atoms with Gasteiger partial charge in [-0.3, -0.25) is 9.52 Å². The lowest BCUT2D eigenvalue weighted by Gasteiger charge is -2.35. The fraction of sp³-hybridized carbons (Fsp3) is 0.548. The fourth-order valence-electron chi connectivity index (χ4n) is 4.98. The quantitative estimate of drug-likeness (QED) is 0.375. The molecule has 2 aromatic carbocycles. The zero-order valence-electron chi connectivity index (χ0n) is 26.6. The minimum absolute atomic E-state index is 0.0989. The maximum absolute atomic E-state index is 14.1. The summed E-state index contributed by atoms with van der Waals surface area (Å²) in [5, 5.41) is 12.7. The van der Waals surface area contributed by atoms with Gasteiger partial charge in [-0.05, 0) is 75.6 Å². The van der Waals surface area contributed by atoms with Crippen LogP contribution in [0, 0.1) is 5.92 Å². The average Bonchev–Trinajstić information content (AvgIpc) is 2.97. The molecule has 0 saturated carbocycles. The molecule has 0 aromatic heterocycles. The van der Waals surface area contributed by atoms with Gasteiger partial charge in [-0.25, -0.2) is 13.2 Å². The van der Waals surface area contributed by atoms with E-state index in [0.717, 1.165) is 24.8 Å². The Balaban J connectivity index is 1.87. The summed E-state index contributed by atoms with van der Waals surface area (Å²) in [6, 6.07) is 7.40. The van der Waals surface area contributed by atoms with Gasteiger partial charge in [0.2, 0.25) is 10.0 Å². The number of hydrogen-bond donors (Lipinski definition) is 3. The largest absolute Gasteiger partial charge is 0.490 e. The third-order valence-electron chi connectivity index (χ3n) is 7.62. The number of ether oxygens (including phenoxy) is 2. The summed E-state index contributed by atoms with van der Waals surface area (Å²) in [7, 11) is -2.10. The van der Waals surface area contributed by atoms with Crippen molar-refractivity contribution in [3.63, 3.8) is 0 Å². The number of carbonyl (C=O) groups excluding carboxylic acids is 2. The Hall–Kier alpha value is -3.56. The van der Waals surface area contributed by atoms with Gasteiger partial charge in [0.05, 0.1) is 42.2 Å². The van der Waals surface area contributed by atoms with Gasteiger partial charge in [-0.2, -0.15) is 13.2 Å². The highest BCUT2D eigenvalue weighted by molar-refractivity contribution is 7.92. The fourth-order valence-corrected chi connectivity index (χ4v) is 5.53. The molecule has 0 fully saturated rings. The van der Waals surface area contributed by atoms with Gasteiger partial charge in [-0.1, -0.05) is 6.92 Å². The molecule has 0 saturated heterocycles. The summed E-state index contributed by atoms with van der Waals surface area (Å²) >= 11 is 0. The van der Waals surface area contributed by atoms with Gasteiger partial charge in [0.25, 0.3) is 5.91 Å². The zero-order valence-corrected chi connectivity index (χ0v) is 27.5. The van der Waals surface area contributed by atoms with E-state index in [1.165, 1.54) is 41.1 Å². The van der Waals surface area contributed by atoms with Crippen molar-refractivity contribution < 1.29 is 45.8 Å². The molecule has 3 N–H and O–H groups in total. The summed E-state index contributed by atoms with van der Waals surface area (Å²) in [5.41, 5.74) is -0.337. The first-order valence-electron chi connectivity index (χ1n) is 15.0. The van der Waals surface area contributed by atoms with Crippen LogP contribution in [0.2, 0.25) is 0 Å². The van der Waals surface area contributed by atoms with E-state index in [1.54, 1.807) is 13.0 Å². The van der Waals surface area contributed by atoms with Gasteiger partial charge in [-0.15, -0.1) is 0 Å². The first kappa shape index (κ1) is 36.9. The molecule has 15 heteroatoms. The van der Waals surface area contributed by atoms with Crippen molar-refractivity contribution >= 4 is 33.3 Å². The lowest BCUT2D eigenvalue weighted by molar-refractivity contribution is -0.137. The van der Waals surface area contributed by atoms with E-state index in [0.29, 0.717) is 19.4 Å². The number of carbonyl (C=O) groups is 2. The summed E-state index contributed by atoms with van der Waals surface area (Å²) < 4.78 is 77.3. The van der Waals surface area contributed by atoms with Crippen LogP contribution in [0.3, 0.4) is 0 Å². The number of likely N-dealkylation sites (N-methyl/N-ethyl adjacent to an activating group) is 1. The lowest BCUT2D eigenvalue weighted by Crippen LogP contribution is -2.48. The topological polar surface area (TPSA) is 138 Å². The smallest absolute Gasteiger partial charge is 0.416 e. The molecule has 46 heavy (non-hydrogen) atoms. The van der Waals surface area contributed by atoms with E-state index >= 15 is 0 Å². The molecule has 0 radical (unpaired) electrons. The number of amides is 3. The molecular formula is C31H43F3N4O7S. The number of aliphatic hydroxyl groups excluding tert-OH is 1. The van der Waals surface area contributed by atoms with Gasteiger partial charge in [0.15, 0.2) is 0 Å². The van der Waals surface area contributed by atoms with Crippen LogP contribution in [0.15, 0.2) is 42.5 Å². The standard InChI is InChI=1S/C31H43F3N4O7S/c1-20-17-38(21(2)19-39)29(40)26-16-25(36-46(5,42)43)13-14-27(26)45-22(3)8-6-7-15-44-28(20)18-37(4)30(41)35-24-11-9-23(10-12-24)31(32,33)34/h9-14,16,20-22,28,36,39H,6-8,15,17-19H2,1-5H3,(H,35,41)/t20-,21+,22+,28+/m1/s1. The van der Waals surface area contributed by atoms with Crippen molar-refractivity contribution in [3.8, 4) is 5.75 Å². The normalized spacial score (nSPS) is 20.9. The van der Waals surface area contributed by atoms with Crippen molar-refractivity contribution in [1.29, 1.82) is 0 Å². The highest BCUT2D eigenvalue weighted by atomic mass is 32.2. The van der Waals surface area contributed by atoms with Crippen LogP contribution in [-0.2, 0) is 20.9 Å². The number of benzene rings is 2. The molecule has 4 atom stereocenters. The Morgan fingerprint density at radius 3 is 2.39 bits per heavy atom. The van der Waals surface area contributed by atoms with Crippen LogP contribution in [0.4, 0.5) is 29.3 Å². The number of sulfonamides is 1. The Labute approximate surface area is 268 Å². The number of urea groups is 1. The molecule has 11 nitrogen and oxygen atoms in total. The maximum atomic E-state index is 14.1. The highest BCUT2D eigenvalue weighted by Crippen LogP contribution is 2.31. The van der Waals surface area contributed by atoms with Gasteiger partial charge >= 0.3 is 12.2 Å². The van der Waals surface area contributed by atoms with Crippen LogP contribution in [0.5, 0.6) is 5.75 Å². The van der Waals surface area contributed by atoms with Crippen molar-refractivity contribution in [2.45, 2.75) is 64.5 Å². The highest BCUT2D eigenvalue weighted by Gasteiger charge is 2.32. The van der Waals surface area contributed by atoms with Crippen LogP contribution in [-0.4, -0.2) is 93.1 Å². The number of aliphatic hydroxyl groups is 1. The first-order chi connectivity index (χ1) is 21.5. The van der Waals surface area contributed by atoms with Crippen LogP contribution in [0.1, 0.15) is 56.0 Å². The third-order valence-corrected chi connectivity index (χ3v) is 8.23. The summed E-state index contributed by atoms with van der Waals surface area (Å²) in [5.74, 6) is -0.566. The number of alkyl halides is 3. The third kappa shape index (κ3) is 10.8. The number of nitrogens with one attached hydrogen (secondary N) is 2. The van der Waals surface area contributed by atoms with E-state index in [1.807, 2.05) is 13.8 Å². The number of halogens is 3. The number of hydrogen-bond acceptors (Lipinski definition) is 7. The molecule has 1 aliphatic rings. The molecule has 3 rings (SSSR count). The molecule has 0 aliphatic carbocycles. The molecule has 1 heterocycles. The van der Waals surface area contributed by atoms with Crippen LogP contribution >= 0.6 is 0 Å². The predicted molar refractivity (Wildman–Crippen MR) is 168 cm³/mol. The Morgan fingerprint density at radius 2 is 1.78 bits per heavy atom. The molecule has 0 bridgehead atoms. The van der Waals surface area contributed by atoms with E-state index in [-0.39, 0.29) is 54.4 Å². The van der Waals surface area contributed by atoms with Crippen molar-refractivity contribution in [2.24, 2.45) is 5.92 Å². The minimum atomic E-state index is -4.50. The van der Waals surface area contributed by atoms with E-state index in [4.69, 9.17) is 9.47 Å². The second-order valence-corrected chi connectivity index (χ2v) is 13.5. The molecule has 1 aliphatic heterocycles. The van der Waals surface area contributed by atoms with Gasteiger partial charge in [0.1, 0.15) is 5.75 Å². The van der Waals surface area contributed by atoms with Gasteiger partial charge < -0.3 is 29.7 Å². The predicted octanol–water partition coefficient (Wildman–Crippen LogP) is 5.04. The number of fused-ring (bicyclic) bond motifs is 1. The number of anilines is 2. The van der Waals surface area contributed by atoms with Crippen LogP contribution in [0.25, 0.3) is 0 Å². The Morgan fingerprint density at radius 1 is 1.13 bits per heavy atom. The number of rotatable bonds is 7. The molecule has 0 spiro atoms. The molecule has 3 amide bonds. The monoisotopic (exact) mass is 672 g/mol. The van der Waals surface area contributed by atoms with Gasteiger partial charge in [0, 0.05) is 44.0 Å². The second-order valence-electron chi connectivity index (χ2n) is 11.8. The maximum Gasteiger partial charge on any atom is 0.416 e. The molecule has 256 valence electrons. The minimum Gasteiger partial charge on any atom is -0.490 e. The van der Waals surface area contributed by atoms with E-state index in [2.05, 4.69) is 10.0 Å². The average molecular weight is 673 g/mol. The van der Waals surface area contributed by atoms with E-state index < -0.39 is 45.8 Å². The SMILES string of the molecule is C[C@@H]1CN([C@@H](C)CO)C(=O)c2cc(NS(C)(=O)=O)ccc2O[C@@H](C)CCCCO[C@H]1CN(C)C(=O)Nc1ccc(C(F)(F)F)cc1. The van der Waals surface area contributed by atoms with Crippen molar-refractivity contribution in [2.75, 3.05) is 49.6 Å². The second kappa shape index (κ2) is 15.8. The zero-order chi connectivity index (χ0) is 34.2. The van der Waals surface area contributed by atoms with Crippen molar-refractivity contribution in [1.82, 2.24) is 9.80 Å². The first-order valence-corrected chi connectivity index (χ1v) is 16.9. The molecule has 2 aromatic rings. The van der Waals surface area contributed by atoms with E-state index in [9.17, 15) is 36.3 Å².